The van der Waals surface area contributed by atoms with Crippen molar-refractivity contribution in [3.8, 4) is 0 Å². The summed E-state index contributed by atoms with van der Waals surface area (Å²) in [4.78, 5) is 4.54. The minimum atomic E-state index is 0. The Kier molecular flexibility index (Phi) is 2.31. The van der Waals surface area contributed by atoms with Gasteiger partial charge in [0.2, 0.25) is 5.78 Å². The maximum Gasteiger partial charge on any atom is 0.214 e. The van der Waals surface area contributed by atoms with Gasteiger partial charge in [0.1, 0.15) is 5.52 Å². The van der Waals surface area contributed by atoms with Gasteiger partial charge in [-0.15, -0.1) is 12.4 Å². The van der Waals surface area contributed by atoms with Crippen LogP contribution < -0.4 is 5.73 Å². The van der Waals surface area contributed by atoms with Crippen molar-refractivity contribution >= 4 is 34.9 Å². The lowest BCUT2D eigenvalue weighted by molar-refractivity contribution is 0.899. The standard InChI is InChI=1S/C11H12N4.ClH/c1-7-6-15-9-5-3-4-8(12)10(9)13-11(15)14(7)2;/h3-6H,12H2,1-2H3;1H. The van der Waals surface area contributed by atoms with Crippen LogP contribution in [0.4, 0.5) is 5.69 Å². The molecule has 5 heteroatoms. The molecule has 2 N–H and O–H groups in total. The quantitative estimate of drug-likeness (QED) is 0.608. The maximum absolute atomic E-state index is 5.88. The summed E-state index contributed by atoms with van der Waals surface area (Å²) in [6.45, 7) is 2.06. The molecule has 0 amide bonds. The summed E-state index contributed by atoms with van der Waals surface area (Å²) in [7, 11) is 2.01. The van der Waals surface area contributed by atoms with Crippen LogP contribution in [0.2, 0.25) is 0 Å². The molecule has 0 aliphatic rings. The lowest BCUT2D eigenvalue weighted by Gasteiger charge is -1.94. The fourth-order valence-electron chi connectivity index (χ4n) is 1.92. The van der Waals surface area contributed by atoms with Crippen molar-refractivity contribution < 1.29 is 0 Å². The summed E-state index contributed by atoms with van der Waals surface area (Å²) in [5.41, 5.74) is 9.74. The minimum absolute atomic E-state index is 0. The Morgan fingerprint density at radius 1 is 1.31 bits per heavy atom. The van der Waals surface area contributed by atoms with Crippen molar-refractivity contribution in [1.29, 1.82) is 0 Å². The summed E-state index contributed by atoms with van der Waals surface area (Å²) in [6, 6.07) is 5.86. The number of halogens is 1. The molecule has 0 atom stereocenters. The van der Waals surface area contributed by atoms with Gasteiger partial charge >= 0.3 is 0 Å². The third-order valence-electron chi connectivity index (χ3n) is 2.88. The predicted octanol–water partition coefficient (Wildman–Crippen LogP) is 2.14. The average molecular weight is 237 g/mol. The van der Waals surface area contributed by atoms with Crippen LogP contribution in [0.5, 0.6) is 0 Å². The van der Waals surface area contributed by atoms with Crippen LogP contribution in [-0.4, -0.2) is 14.0 Å². The number of nitrogen functional groups attached to an aromatic ring is 1. The van der Waals surface area contributed by atoms with E-state index in [4.69, 9.17) is 5.73 Å². The average Bonchev–Trinajstić information content (AvgIpc) is 2.69. The van der Waals surface area contributed by atoms with E-state index in [-0.39, 0.29) is 12.4 Å². The zero-order valence-corrected chi connectivity index (χ0v) is 9.95. The summed E-state index contributed by atoms with van der Waals surface area (Å²) in [5, 5.41) is 0. The van der Waals surface area contributed by atoms with Gasteiger partial charge in [0.25, 0.3) is 0 Å². The van der Waals surface area contributed by atoms with E-state index >= 15 is 0 Å². The Morgan fingerprint density at radius 3 is 2.81 bits per heavy atom. The van der Waals surface area contributed by atoms with E-state index < -0.39 is 0 Å². The highest BCUT2D eigenvalue weighted by atomic mass is 35.5. The third kappa shape index (κ3) is 1.20. The molecule has 2 heterocycles. The number of rotatable bonds is 0. The van der Waals surface area contributed by atoms with E-state index in [0.717, 1.165) is 22.5 Å². The molecule has 0 aliphatic carbocycles. The van der Waals surface area contributed by atoms with Crippen molar-refractivity contribution in [3.05, 3.63) is 30.1 Å². The van der Waals surface area contributed by atoms with E-state index in [1.54, 1.807) is 0 Å². The fraction of sp³-hybridized carbons (Fsp3) is 0.182. The number of nitrogens with two attached hydrogens (primary N) is 1. The van der Waals surface area contributed by atoms with Gasteiger partial charge in [0, 0.05) is 18.9 Å². The molecule has 84 valence electrons. The summed E-state index contributed by atoms with van der Waals surface area (Å²) >= 11 is 0. The SMILES string of the molecule is Cc1cn2c3cccc(N)c3nc2n1C.Cl. The molecule has 0 saturated heterocycles. The molecule has 0 saturated carbocycles. The maximum atomic E-state index is 5.88. The molecule has 4 nitrogen and oxygen atoms in total. The first kappa shape index (κ1) is 10.8. The molecule has 3 rings (SSSR count). The fourth-order valence-corrected chi connectivity index (χ4v) is 1.92. The van der Waals surface area contributed by atoms with E-state index in [9.17, 15) is 0 Å². The van der Waals surface area contributed by atoms with Crippen LogP contribution in [-0.2, 0) is 7.05 Å². The molecule has 0 fully saturated rings. The van der Waals surface area contributed by atoms with E-state index in [0.29, 0.717) is 0 Å². The summed E-state index contributed by atoms with van der Waals surface area (Å²) in [6.07, 6.45) is 2.07. The first-order valence-electron chi connectivity index (χ1n) is 4.87. The smallest absolute Gasteiger partial charge is 0.214 e. The first-order valence-corrected chi connectivity index (χ1v) is 4.87. The third-order valence-corrected chi connectivity index (χ3v) is 2.88. The molecule has 16 heavy (non-hydrogen) atoms. The minimum Gasteiger partial charge on any atom is -0.397 e. The molecular weight excluding hydrogens is 224 g/mol. The Morgan fingerprint density at radius 2 is 2.06 bits per heavy atom. The van der Waals surface area contributed by atoms with Crippen molar-refractivity contribution in [2.75, 3.05) is 5.73 Å². The number of fused-ring (bicyclic) bond motifs is 3. The van der Waals surface area contributed by atoms with Crippen LogP contribution in [0.3, 0.4) is 0 Å². The summed E-state index contributed by atoms with van der Waals surface area (Å²) < 4.78 is 4.13. The molecule has 2 aromatic heterocycles. The van der Waals surface area contributed by atoms with Gasteiger partial charge in [-0.1, -0.05) is 6.07 Å². The zero-order valence-electron chi connectivity index (χ0n) is 9.14. The highest BCUT2D eigenvalue weighted by Gasteiger charge is 2.10. The van der Waals surface area contributed by atoms with Gasteiger partial charge < -0.3 is 10.3 Å². The van der Waals surface area contributed by atoms with Gasteiger partial charge in [-0.05, 0) is 19.1 Å². The molecule has 0 radical (unpaired) electrons. The van der Waals surface area contributed by atoms with Gasteiger partial charge in [0.15, 0.2) is 0 Å². The first-order chi connectivity index (χ1) is 7.18. The normalized spacial score (nSPS) is 10.9. The van der Waals surface area contributed by atoms with Crippen LogP contribution in [0.1, 0.15) is 5.69 Å². The van der Waals surface area contributed by atoms with Gasteiger partial charge in [-0.3, -0.25) is 4.40 Å². The highest BCUT2D eigenvalue weighted by molar-refractivity contribution is 5.89. The number of hydrogen-bond acceptors (Lipinski definition) is 2. The monoisotopic (exact) mass is 236 g/mol. The number of hydrogen-bond donors (Lipinski definition) is 1. The number of nitrogens with zero attached hydrogens (tertiary/aromatic N) is 3. The van der Waals surface area contributed by atoms with Gasteiger partial charge in [-0.25, -0.2) is 4.98 Å². The molecule has 0 unspecified atom stereocenters. The van der Waals surface area contributed by atoms with Crippen LogP contribution in [0.15, 0.2) is 24.4 Å². The second-order valence-electron chi connectivity index (χ2n) is 3.83. The lowest BCUT2D eigenvalue weighted by Crippen LogP contribution is -1.91. The van der Waals surface area contributed by atoms with Gasteiger partial charge in [-0.2, -0.15) is 0 Å². The number of imidazole rings is 2. The van der Waals surface area contributed by atoms with Crippen molar-refractivity contribution in [2.45, 2.75) is 6.92 Å². The second kappa shape index (κ2) is 3.42. The lowest BCUT2D eigenvalue weighted by atomic mass is 10.3. The zero-order chi connectivity index (χ0) is 10.6. The Hall–Kier alpha value is -1.68. The number of aryl methyl sites for hydroxylation is 2. The van der Waals surface area contributed by atoms with Crippen molar-refractivity contribution in [2.24, 2.45) is 7.05 Å². The predicted molar refractivity (Wildman–Crippen MR) is 68.1 cm³/mol. The van der Waals surface area contributed by atoms with Crippen LogP contribution >= 0.6 is 12.4 Å². The largest absolute Gasteiger partial charge is 0.397 e. The van der Waals surface area contributed by atoms with Crippen LogP contribution in [0, 0.1) is 6.92 Å². The molecule has 1 aromatic carbocycles. The second-order valence-corrected chi connectivity index (χ2v) is 3.83. The Bertz CT molecular complexity index is 665. The van der Waals surface area contributed by atoms with E-state index in [2.05, 4.69) is 27.1 Å². The summed E-state index contributed by atoms with van der Waals surface area (Å²) in [5.74, 6) is 0.931. The van der Waals surface area contributed by atoms with Crippen molar-refractivity contribution in [1.82, 2.24) is 14.0 Å². The molecular formula is C11H13ClN4. The number of aromatic nitrogens is 3. The topological polar surface area (TPSA) is 48.2 Å². The molecule has 0 bridgehead atoms. The Balaban J connectivity index is 0.000000963. The number of para-hydroxylation sites is 1. The van der Waals surface area contributed by atoms with E-state index in [1.807, 2.05) is 25.2 Å². The molecule has 3 aromatic rings. The molecule has 0 aliphatic heterocycles. The Labute approximate surface area is 99.1 Å². The number of anilines is 1. The van der Waals surface area contributed by atoms with Crippen LogP contribution in [0.25, 0.3) is 16.8 Å². The number of benzene rings is 1. The highest BCUT2D eigenvalue weighted by Crippen LogP contribution is 2.22. The van der Waals surface area contributed by atoms with Gasteiger partial charge in [0.05, 0.1) is 11.2 Å². The molecule has 0 spiro atoms. The van der Waals surface area contributed by atoms with E-state index in [1.165, 1.54) is 5.69 Å². The van der Waals surface area contributed by atoms with Crippen molar-refractivity contribution in [3.63, 3.8) is 0 Å².